The summed E-state index contributed by atoms with van der Waals surface area (Å²) in [6, 6.07) is 15.3. The van der Waals surface area contributed by atoms with E-state index in [0.717, 1.165) is 41.7 Å². The molecule has 7 heteroatoms. The van der Waals surface area contributed by atoms with E-state index in [4.69, 9.17) is 0 Å². The zero-order valence-corrected chi connectivity index (χ0v) is 18.1. The molecule has 30 heavy (non-hydrogen) atoms. The second-order valence-electron chi connectivity index (χ2n) is 7.16. The van der Waals surface area contributed by atoms with Gasteiger partial charge in [0, 0.05) is 22.1 Å². The van der Waals surface area contributed by atoms with Gasteiger partial charge in [0.15, 0.2) is 0 Å². The smallest absolute Gasteiger partial charge is 0.258 e. The highest BCUT2D eigenvalue weighted by atomic mass is 32.2. The van der Waals surface area contributed by atoms with Crippen molar-refractivity contribution in [2.45, 2.75) is 42.4 Å². The van der Waals surface area contributed by atoms with Crippen LogP contribution in [0.15, 0.2) is 57.2 Å². The first kappa shape index (κ1) is 20.3. The maximum Gasteiger partial charge on any atom is 0.283 e. The van der Waals surface area contributed by atoms with Gasteiger partial charge in [0.2, 0.25) is 0 Å². The molecule has 3 aromatic rings. The lowest BCUT2D eigenvalue weighted by Gasteiger charge is -2.09. The van der Waals surface area contributed by atoms with E-state index < -0.39 is 0 Å². The van der Waals surface area contributed by atoms with Gasteiger partial charge in [-0.3, -0.25) is 10.1 Å². The Balaban J connectivity index is 1.62. The van der Waals surface area contributed by atoms with Gasteiger partial charge < -0.3 is 0 Å². The van der Waals surface area contributed by atoms with Gasteiger partial charge >= 0.3 is 0 Å². The Labute approximate surface area is 183 Å². The topological polar surface area (TPSA) is 79.3 Å². The Morgan fingerprint density at radius 2 is 1.97 bits per heavy atom. The Hall–Kier alpha value is -2.95. The number of benzene rings is 2. The molecule has 0 atom stereocenters. The average Bonchev–Trinajstić information content (AvgIpc) is 3.12. The van der Waals surface area contributed by atoms with Crippen molar-refractivity contribution in [3.05, 3.63) is 79.7 Å². The highest BCUT2D eigenvalue weighted by Gasteiger charge is 2.20. The largest absolute Gasteiger partial charge is 0.283 e. The van der Waals surface area contributed by atoms with Gasteiger partial charge in [0.25, 0.3) is 5.69 Å². The number of aliphatic imine (C=N–C) groups is 1. The molecule has 1 aliphatic carbocycles. The minimum atomic E-state index is -0.363. The lowest BCUT2D eigenvalue weighted by molar-refractivity contribution is -0.387. The molecule has 2 aromatic carbocycles. The Morgan fingerprint density at radius 3 is 2.70 bits per heavy atom. The van der Waals surface area contributed by atoms with E-state index in [9.17, 15) is 15.4 Å². The van der Waals surface area contributed by atoms with Crippen molar-refractivity contribution >= 4 is 40.0 Å². The van der Waals surface area contributed by atoms with Crippen molar-refractivity contribution in [2.24, 2.45) is 4.99 Å². The molecule has 1 aromatic heterocycles. The average molecular weight is 434 g/mol. The molecule has 1 heterocycles. The van der Waals surface area contributed by atoms with Gasteiger partial charge in [-0.15, -0.1) is 11.3 Å². The van der Waals surface area contributed by atoms with E-state index in [2.05, 4.69) is 11.1 Å². The van der Waals surface area contributed by atoms with Crippen LogP contribution in [0.5, 0.6) is 0 Å². The number of hydrogen-bond acceptors (Lipinski definition) is 6. The summed E-state index contributed by atoms with van der Waals surface area (Å²) in [5.74, 6) is 0. The van der Waals surface area contributed by atoms with Gasteiger partial charge in [-0.05, 0) is 61.9 Å². The number of rotatable bonds is 5. The van der Waals surface area contributed by atoms with E-state index in [1.807, 2.05) is 37.3 Å². The number of nitro benzene ring substituents is 1. The summed E-state index contributed by atoms with van der Waals surface area (Å²) < 4.78 is 0. The SMILES string of the molecule is Cc1ccc(Sc2ccc(C=Nc3sc4c(c3C#N)CCCC4)cc2[N+](=O)[O-])cc1. The molecule has 1 aliphatic rings. The minimum absolute atomic E-state index is 0.0514. The standard InChI is InChI=1S/C23H19N3O2S2/c1-15-6-9-17(10-7-15)29-22-11-8-16(12-20(22)26(27)28)14-25-23-19(13-24)18-4-2-3-5-21(18)30-23/h6-12,14H,2-5H2,1H3. The molecule has 0 unspecified atom stereocenters. The number of nitrogens with zero attached hydrogens (tertiary/aromatic N) is 3. The number of fused-ring (bicyclic) bond motifs is 1. The third-order valence-electron chi connectivity index (χ3n) is 5.02. The minimum Gasteiger partial charge on any atom is -0.258 e. The molecule has 4 rings (SSSR count). The van der Waals surface area contributed by atoms with E-state index in [-0.39, 0.29) is 10.6 Å². The molecule has 0 radical (unpaired) electrons. The molecule has 0 bridgehead atoms. The fourth-order valence-corrected chi connectivity index (χ4v) is 5.55. The van der Waals surface area contributed by atoms with E-state index >= 15 is 0 Å². The molecular weight excluding hydrogens is 414 g/mol. The second kappa shape index (κ2) is 8.82. The maximum atomic E-state index is 11.6. The monoisotopic (exact) mass is 433 g/mol. The van der Waals surface area contributed by atoms with Gasteiger partial charge in [0.05, 0.1) is 15.4 Å². The molecule has 0 saturated carbocycles. The van der Waals surface area contributed by atoms with Crippen LogP contribution < -0.4 is 0 Å². The van der Waals surface area contributed by atoms with Crippen LogP contribution >= 0.6 is 23.1 Å². The van der Waals surface area contributed by atoms with E-state index in [0.29, 0.717) is 21.0 Å². The third-order valence-corrected chi connectivity index (χ3v) is 7.30. The molecule has 0 N–H and O–H groups in total. The first-order valence-corrected chi connectivity index (χ1v) is 11.3. The summed E-state index contributed by atoms with van der Waals surface area (Å²) in [5, 5.41) is 21.9. The van der Waals surface area contributed by atoms with Crippen molar-refractivity contribution in [1.29, 1.82) is 5.26 Å². The molecule has 0 aliphatic heterocycles. The van der Waals surface area contributed by atoms with Crippen LogP contribution in [0.2, 0.25) is 0 Å². The van der Waals surface area contributed by atoms with Crippen LogP contribution in [-0.4, -0.2) is 11.1 Å². The second-order valence-corrected chi connectivity index (χ2v) is 9.36. The van der Waals surface area contributed by atoms with Crippen LogP contribution in [0.1, 0.15) is 40.0 Å². The maximum absolute atomic E-state index is 11.6. The Morgan fingerprint density at radius 1 is 1.20 bits per heavy atom. The predicted molar refractivity (Wildman–Crippen MR) is 121 cm³/mol. The van der Waals surface area contributed by atoms with E-state index in [1.54, 1.807) is 29.7 Å². The molecule has 0 spiro atoms. The van der Waals surface area contributed by atoms with Gasteiger partial charge in [-0.25, -0.2) is 4.99 Å². The van der Waals surface area contributed by atoms with Crippen LogP contribution in [-0.2, 0) is 12.8 Å². The van der Waals surface area contributed by atoms with Gasteiger partial charge in [-0.1, -0.05) is 35.5 Å². The van der Waals surface area contributed by atoms with Crippen molar-refractivity contribution in [2.75, 3.05) is 0 Å². The van der Waals surface area contributed by atoms with Gasteiger partial charge in [-0.2, -0.15) is 5.26 Å². The summed E-state index contributed by atoms with van der Waals surface area (Å²) in [6.07, 6.45) is 5.80. The lowest BCUT2D eigenvalue weighted by atomic mass is 9.96. The van der Waals surface area contributed by atoms with Gasteiger partial charge in [0.1, 0.15) is 11.1 Å². The molecular formula is C23H19N3O2S2. The van der Waals surface area contributed by atoms with Crippen molar-refractivity contribution < 1.29 is 4.92 Å². The number of hydrogen-bond donors (Lipinski definition) is 0. The van der Waals surface area contributed by atoms with Crippen molar-refractivity contribution in [3.63, 3.8) is 0 Å². The Bertz CT molecular complexity index is 1170. The van der Waals surface area contributed by atoms with Crippen LogP contribution in [0, 0.1) is 28.4 Å². The summed E-state index contributed by atoms with van der Waals surface area (Å²) in [6.45, 7) is 2.01. The fourth-order valence-electron chi connectivity index (χ4n) is 3.47. The molecule has 150 valence electrons. The van der Waals surface area contributed by atoms with Crippen LogP contribution in [0.25, 0.3) is 0 Å². The number of nitro groups is 1. The summed E-state index contributed by atoms with van der Waals surface area (Å²) in [7, 11) is 0. The highest BCUT2D eigenvalue weighted by Crippen LogP contribution is 2.39. The fraction of sp³-hybridized carbons (Fsp3) is 0.217. The zero-order chi connectivity index (χ0) is 21.1. The summed E-state index contributed by atoms with van der Waals surface area (Å²) >= 11 is 2.94. The van der Waals surface area contributed by atoms with Crippen LogP contribution in [0.3, 0.4) is 0 Å². The predicted octanol–water partition coefficient (Wildman–Crippen LogP) is 6.62. The first-order chi connectivity index (χ1) is 14.5. The highest BCUT2D eigenvalue weighted by molar-refractivity contribution is 7.99. The first-order valence-electron chi connectivity index (χ1n) is 9.67. The molecule has 0 amide bonds. The van der Waals surface area contributed by atoms with Crippen molar-refractivity contribution in [1.82, 2.24) is 0 Å². The van der Waals surface area contributed by atoms with Crippen molar-refractivity contribution in [3.8, 4) is 6.07 Å². The quantitative estimate of drug-likeness (QED) is 0.257. The number of aryl methyl sites for hydroxylation is 2. The zero-order valence-electron chi connectivity index (χ0n) is 16.4. The number of nitriles is 1. The molecule has 0 saturated heterocycles. The molecule has 0 fully saturated rings. The number of thiophene rings is 1. The summed E-state index contributed by atoms with van der Waals surface area (Å²) in [4.78, 5) is 18.6. The van der Waals surface area contributed by atoms with Crippen LogP contribution in [0.4, 0.5) is 10.7 Å². The third kappa shape index (κ3) is 4.30. The van der Waals surface area contributed by atoms with E-state index in [1.165, 1.54) is 16.6 Å². The normalized spacial score (nSPS) is 13.2. The molecule has 5 nitrogen and oxygen atoms in total. The summed E-state index contributed by atoms with van der Waals surface area (Å²) in [5.41, 5.74) is 3.64. The Kier molecular flexibility index (Phi) is 5.98. The lowest BCUT2D eigenvalue weighted by Crippen LogP contribution is -1.99.